The molecule has 2 aliphatic heterocycles. The summed E-state index contributed by atoms with van der Waals surface area (Å²) in [5, 5.41) is 24.8. The number of pyridine rings is 3. The second-order valence-electron chi connectivity index (χ2n) is 27.6. The van der Waals surface area contributed by atoms with E-state index in [4.69, 9.17) is 30.3 Å². The van der Waals surface area contributed by atoms with Gasteiger partial charge in [-0.25, -0.2) is 4.57 Å². The largest absolute Gasteiger partial charge is 0 e. The van der Waals surface area contributed by atoms with Gasteiger partial charge in [-0.1, -0.05) is 137 Å². The van der Waals surface area contributed by atoms with Gasteiger partial charge in [0.1, 0.15) is 19.6 Å². The van der Waals surface area contributed by atoms with Crippen LogP contribution in [0, 0.1) is 53.6 Å². The van der Waals surface area contributed by atoms with E-state index < -0.39 is 37.8 Å². The molecular formula is C90H92GeIr2N6O4. The number of carbonyl (C=O) groups excluding carboxylic acids is 2. The maximum absolute atomic E-state index is 10.0. The number of ketones is 2. The molecule has 103 heavy (non-hydrogen) atoms. The van der Waals surface area contributed by atoms with E-state index in [9.17, 15) is 11.0 Å². The first-order chi connectivity index (χ1) is 53.1. The van der Waals surface area contributed by atoms with Gasteiger partial charge in [-0.15, -0.1) is 64.5 Å². The van der Waals surface area contributed by atoms with Crippen molar-refractivity contribution in [3.05, 3.63) is 280 Å². The maximum Gasteiger partial charge on any atom is 0 e. The van der Waals surface area contributed by atoms with E-state index in [0.29, 0.717) is 34.0 Å². The summed E-state index contributed by atoms with van der Waals surface area (Å²) in [5.74, 6) is 8.21. The molecule has 0 spiro atoms. The van der Waals surface area contributed by atoms with Crippen LogP contribution in [0.3, 0.4) is 0 Å². The van der Waals surface area contributed by atoms with Crippen LogP contribution >= 0.6 is 0 Å². The van der Waals surface area contributed by atoms with Crippen molar-refractivity contribution in [2.75, 3.05) is 0 Å². The van der Waals surface area contributed by atoms with Gasteiger partial charge in [-0.2, -0.15) is 4.40 Å². The minimum Gasteiger partial charge on any atom is 0 e. The number of imidazole rings is 1. The van der Waals surface area contributed by atoms with E-state index in [0.717, 1.165) is 50.9 Å². The number of benzene rings is 9. The number of hydrogen-bond acceptors (Lipinski definition) is 7. The van der Waals surface area contributed by atoms with Crippen LogP contribution in [0.25, 0.3) is 104 Å². The van der Waals surface area contributed by atoms with Crippen LogP contribution in [0.2, 0.25) is 17.3 Å². The molecule has 16 rings (SSSR count). The second kappa shape index (κ2) is 33.1. The van der Waals surface area contributed by atoms with Gasteiger partial charge < -0.3 is 20.2 Å². The van der Waals surface area contributed by atoms with Crippen molar-refractivity contribution in [1.82, 2.24) is 19.5 Å². The van der Waals surface area contributed by atoms with Crippen molar-refractivity contribution < 1.29 is 85.4 Å². The summed E-state index contributed by atoms with van der Waals surface area (Å²) < 4.78 is 109. The first kappa shape index (κ1) is 62.4. The summed E-state index contributed by atoms with van der Waals surface area (Å²) in [5.41, 5.74) is 15.3. The molecule has 0 unspecified atom stereocenters. The van der Waals surface area contributed by atoms with Gasteiger partial charge in [0, 0.05) is 96.3 Å². The zero-order valence-electron chi connectivity index (χ0n) is 73.0. The number of aliphatic hydroxyl groups is 2. The quantitative estimate of drug-likeness (QED) is 0.0406. The Balaban J connectivity index is 0.000000172. The molecule has 2 radical (unpaired) electrons. The van der Waals surface area contributed by atoms with E-state index in [1.165, 1.54) is 117 Å². The average Bonchev–Trinajstić information content (AvgIpc) is 1.52. The summed E-state index contributed by atoms with van der Waals surface area (Å²) in [7, 11) is 0. The summed E-state index contributed by atoms with van der Waals surface area (Å²) >= 11 is -1.70. The fraction of sp³-hybridized carbons (Fsp3) is 0.233. The monoisotopic (exact) mass is 1790 g/mol. The van der Waals surface area contributed by atoms with Crippen LogP contribution in [-0.2, 0) is 62.9 Å². The Morgan fingerprint density at radius 1 is 0.670 bits per heavy atom. The molecule has 0 bridgehead atoms. The van der Waals surface area contributed by atoms with Crippen LogP contribution in [0.15, 0.2) is 212 Å². The van der Waals surface area contributed by atoms with Crippen LogP contribution < -0.4 is 13.4 Å². The number of fused-ring (bicyclic) bond motifs is 13. The molecule has 0 atom stereocenters. The molecule has 7 heterocycles. The third-order valence-corrected chi connectivity index (χ3v) is 21.9. The van der Waals surface area contributed by atoms with Crippen molar-refractivity contribution >= 4 is 99.9 Å². The molecular weight excluding hydrogens is 1690 g/mol. The van der Waals surface area contributed by atoms with E-state index >= 15 is 0 Å². The number of aromatic nitrogens is 6. The molecule has 0 amide bonds. The SMILES string of the molecule is CC(=O)C=C(C)O.CC(=O)C=C(C)O.Cc1[c-]c(-c2nccc3c(C(C)C)cc(C(C)C)cc23)cc(C)c1.Cc1cnc2c3[c-]cccc3c3ccccc3c2n1.[2H]c1cc2c(c([2H])c1C)c1c([2H])c([2H])c([2H])c3c1c1n(c([2H])c(-c4c(C)c([2H])c([2H])c([2H])c4C([2H])([2H])[2H])[n+]21)C3.[CH3][Ge]([CH3])([CH3])[c]1ccc2[n+](c1)Cc1ccccc1-2.[Ir].[Ir]. The zero-order chi connectivity index (χ0) is 82.6. The molecule has 0 saturated heterocycles. The Bertz CT molecular complexity index is 6220. The van der Waals surface area contributed by atoms with Gasteiger partial charge in [0.25, 0.3) is 5.65 Å². The van der Waals surface area contributed by atoms with Gasteiger partial charge in [0.05, 0.1) is 39.1 Å². The summed E-state index contributed by atoms with van der Waals surface area (Å²) in [4.78, 5) is 34.0. The van der Waals surface area contributed by atoms with Gasteiger partial charge in [0.2, 0.25) is 0 Å². The van der Waals surface area contributed by atoms with E-state index in [2.05, 4.69) is 183 Å². The van der Waals surface area contributed by atoms with Crippen LogP contribution in [0.5, 0.6) is 0 Å². The molecule has 9 aromatic carbocycles. The number of carbonyl (C=O) groups is 2. The number of nitrogens with zero attached hydrogens (tertiary/aromatic N) is 6. The first-order valence-corrected chi connectivity index (χ1v) is 41.2. The fourth-order valence-corrected chi connectivity index (χ4v) is 15.5. The summed E-state index contributed by atoms with van der Waals surface area (Å²) in [6, 6.07) is 44.9. The number of hydrogen-bond donors (Lipinski definition) is 2. The smallest absolute Gasteiger partial charge is 0 e. The van der Waals surface area contributed by atoms with Crippen molar-refractivity contribution in [3.63, 3.8) is 0 Å². The third-order valence-electron chi connectivity index (χ3n) is 17.6. The van der Waals surface area contributed by atoms with Crippen LogP contribution in [0.4, 0.5) is 0 Å². The van der Waals surface area contributed by atoms with Gasteiger partial charge in [0.15, 0.2) is 17.3 Å². The second-order valence-corrected chi connectivity index (χ2v) is 38.3. The van der Waals surface area contributed by atoms with E-state index in [1.807, 2.05) is 37.5 Å². The Labute approximate surface area is 653 Å². The average molecular weight is 1790 g/mol. The van der Waals surface area contributed by atoms with Crippen molar-refractivity contribution in [1.29, 1.82) is 0 Å². The molecule has 2 N–H and O–H groups in total. The van der Waals surface area contributed by atoms with E-state index in [1.54, 1.807) is 11.3 Å². The maximum atomic E-state index is 10.0. The molecule has 0 aliphatic carbocycles. The van der Waals surface area contributed by atoms with Crippen LogP contribution in [0.1, 0.15) is 139 Å². The molecule has 13 heteroatoms. The molecule has 5 aromatic heterocycles. The number of aryl methyl sites for hydroxylation is 3. The first-order valence-electron chi connectivity index (χ1n) is 39.9. The predicted octanol–water partition coefficient (Wildman–Crippen LogP) is 20.7. The minimum atomic E-state index is -2.86. The predicted molar refractivity (Wildman–Crippen MR) is 421 cm³/mol. The van der Waals surface area contributed by atoms with Crippen LogP contribution in [-0.4, -0.2) is 54.6 Å². The number of aliphatic hydroxyl groups excluding tert-OH is 2. The number of allylic oxidation sites excluding steroid dienone is 4. The summed E-state index contributed by atoms with van der Waals surface area (Å²) in [6.45, 7) is 22.2. The van der Waals surface area contributed by atoms with Crippen molar-refractivity contribution in [3.8, 4) is 33.8 Å². The van der Waals surface area contributed by atoms with Crippen molar-refractivity contribution in [2.45, 2.75) is 139 Å². The standard InChI is InChI=1S/C25H21N2.C23H26N.C17H11N2.C15H18GeN.2C5H8O2.2Ir/c1-15-10-11-21-20(12-15)19-9-5-8-18-13-26-14-22(27(21)25(26)24(18)19)23-16(2)6-4-7-17(23)3;1-14(2)18-12-21(15(3)4)20-7-8-24-23(22(20)13-18)19-10-16(5)9-17(6)11-19;1-11-10-18-16-14-8-4-2-6-12(14)13-7-3-5-9-15(13)17(16)19-11;1-16(2,3)13-8-9-15-14-7-5-4-6-12(14)10-17(15)11-13;2*1-4(6)3-5(2)7;;/h4-12,14H,13H2,1-3H3;7-10,12-15H,1-6H3;2-7,9-10H,1H3;4-9,11H,10H2,1-3H3;2*3,6H,1-2H3;;/q+1;2*-1;+1;;;;/i2D3,4D,5D,6D,7D,8D,9D,10D,12D,14D;;;;;;;. The topological polar surface area (TPSA) is 126 Å². The Hall–Kier alpha value is -9.13. The fourth-order valence-electron chi connectivity index (χ4n) is 13.1. The van der Waals surface area contributed by atoms with E-state index in [-0.39, 0.29) is 145 Å². The molecule has 2 aliphatic rings. The Morgan fingerprint density at radius 3 is 2.03 bits per heavy atom. The molecule has 0 fully saturated rings. The Morgan fingerprint density at radius 2 is 1.36 bits per heavy atom. The minimum absolute atomic E-state index is 0. The Kier molecular flexibility index (Phi) is 20.1. The molecule has 528 valence electrons. The molecule has 14 aromatic rings. The third kappa shape index (κ3) is 17.2. The van der Waals surface area contributed by atoms with Gasteiger partial charge in [-0.05, 0) is 129 Å². The van der Waals surface area contributed by atoms with Crippen molar-refractivity contribution in [2.24, 2.45) is 0 Å². The van der Waals surface area contributed by atoms with Gasteiger partial charge >= 0.3 is 105 Å². The zero-order valence-corrected chi connectivity index (χ0v) is 67.9. The molecule has 10 nitrogen and oxygen atoms in total. The normalized spacial score (nSPS) is 13.7. The molecule has 0 saturated carbocycles. The number of rotatable bonds is 7. The summed E-state index contributed by atoms with van der Waals surface area (Å²) in [6.07, 6.45) is 8.29. The van der Waals surface area contributed by atoms with Gasteiger partial charge in [-0.3, -0.25) is 14.6 Å².